The molecule has 3 nitrogen and oxygen atoms in total. The van der Waals surface area contributed by atoms with Crippen LogP contribution in [-0.4, -0.2) is 18.4 Å². The molecule has 3 heteroatoms. The predicted molar refractivity (Wildman–Crippen MR) is 133 cm³/mol. The summed E-state index contributed by atoms with van der Waals surface area (Å²) in [5, 5.41) is 0. The lowest BCUT2D eigenvalue weighted by Crippen LogP contribution is -2.41. The topological polar surface area (TPSA) is 35.5 Å². The molecule has 0 heterocycles. The smallest absolute Gasteiger partial charge is 0.434 e. The largest absolute Gasteiger partial charge is 0.508 e. The minimum Gasteiger partial charge on any atom is -0.434 e. The number of ether oxygens (including phenoxy) is 2. The highest BCUT2D eigenvalue weighted by Crippen LogP contribution is 2.46. The van der Waals surface area contributed by atoms with Crippen LogP contribution in [0.25, 0.3) is 0 Å². The second-order valence-corrected chi connectivity index (χ2v) is 11.8. The lowest BCUT2D eigenvalue weighted by Gasteiger charge is -2.43. The molecule has 0 unspecified atom stereocenters. The van der Waals surface area contributed by atoms with Gasteiger partial charge in [0.1, 0.15) is 5.60 Å². The summed E-state index contributed by atoms with van der Waals surface area (Å²) in [4.78, 5) is 12.5. The third kappa shape index (κ3) is 7.94. The molecule has 0 radical (unpaired) electrons. The maximum atomic E-state index is 12.5. The summed E-state index contributed by atoms with van der Waals surface area (Å²) in [6, 6.07) is 0. The fourth-order valence-corrected chi connectivity index (χ4v) is 6.99. The average molecular weight is 449 g/mol. The van der Waals surface area contributed by atoms with Gasteiger partial charge in [0, 0.05) is 0 Å². The number of carbonyl (C=O) groups excluding carboxylic acids is 1. The first-order valence-corrected chi connectivity index (χ1v) is 14.4. The normalized spacial score (nSPS) is 35.9. The molecule has 0 aromatic heterocycles. The van der Waals surface area contributed by atoms with Crippen molar-refractivity contribution in [1.29, 1.82) is 0 Å². The van der Waals surface area contributed by atoms with Crippen molar-refractivity contribution in [2.45, 2.75) is 142 Å². The second kappa shape index (κ2) is 13.2. The van der Waals surface area contributed by atoms with Gasteiger partial charge in [0.2, 0.25) is 0 Å². The Morgan fingerprint density at radius 2 is 1.38 bits per heavy atom. The van der Waals surface area contributed by atoms with E-state index in [1.165, 1.54) is 83.5 Å². The zero-order valence-electron chi connectivity index (χ0n) is 21.5. The van der Waals surface area contributed by atoms with E-state index in [9.17, 15) is 4.79 Å². The first-order valence-electron chi connectivity index (χ1n) is 14.4. The van der Waals surface area contributed by atoms with Gasteiger partial charge in [-0.2, -0.15) is 0 Å². The quantitative estimate of drug-likeness (QED) is 0.247. The van der Waals surface area contributed by atoms with Crippen molar-refractivity contribution in [2.24, 2.45) is 29.6 Å². The molecule has 0 aromatic rings. The highest BCUT2D eigenvalue weighted by atomic mass is 16.7. The molecule has 3 rings (SSSR count). The molecule has 0 N–H and O–H groups in total. The van der Waals surface area contributed by atoms with Crippen molar-refractivity contribution in [3.05, 3.63) is 0 Å². The lowest BCUT2D eigenvalue weighted by atomic mass is 9.67. The van der Waals surface area contributed by atoms with Crippen LogP contribution in [0, 0.1) is 29.6 Å². The minimum absolute atomic E-state index is 0.262. The molecule has 32 heavy (non-hydrogen) atoms. The minimum atomic E-state index is -0.407. The molecule has 3 aliphatic rings. The molecule has 0 atom stereocenters. The Morgan fingerprint density at radius 1 is 0.781 bits per heavy atom. The van der Waals surface area contributed by atoms with Gasteiger partial charge >= 0.3 is 6.16 Å². The van der Waals surface area contributed by atoms with E-state index in [0.29, 0.717) is 6.61 Å². The van der Waals surface area contributed by atoms with Crippen LogP contribution >= 0.6 is 0 Å². The van der Waals surface area contributed by atoms with Crippen molar-refractivity contribution >= 4 is 6.16 Å². The fourth-order valence-electron chi connectivity index (χ4n) is 6.99. The molecule has 186 valence electrons. The van der Waals surface area contributed by atoms with Gasteiger partial charge in [0.25, 0.3) is 0 Å². The summed E-state index contributed by atoms with van der Waals surface area (Å²) in [5.41, 5.74) is -0.262. The second-order valence-electron chi connectivity index (χ2n) is 11.8. The molecular formula is C29H52O3. The first-order chi connectivity index (χ1) is 15.5. The third-order valence-electron chi connectivity index (χ3n) is 9.36. The molecule has 3 fully saturated rings. The molecule has 0 bridgehead atoms. The summed E-state index contributed by atoms with van der Waals surface area (Å²) < 4.78 is 11.6. The SMILES string of the molecule is CCCCOC(=O)OC1(CC[C@H]2CC[C@H](CCC)CC2)CCC(C2CCC(C)CC2)CC1. The number of hydrogen-bond donors (Lipinski definition) is 0. The summed E-state index contributed by atoms with van der Waals surface area (Å²) in [6.45, 7) is 7.35. The summed E-state index contributed by atoms with van der Waals surface area (Å²) in [7, 11) is 0. The van der Waals surface area contributed by atoms with Crippen LogP contribution in [0.1, 0.15) is 136 Å². The standard InChI is InChI=1S/C29H52O3/c1-4-6-22-31-28(30)32-29(19-16-25-12-10-24(7-5-2)11-13-25)20-17-27(18-21-29)26-14-8-23(3)9-15-26/h23-27H,4-22H2,1-3H3/t23?,24-,25-,26?,27?,29?. The predicted octanol–water partition coefficient (Wildman–Crippen LogP) is 9.08. The highest BCUT2D eigenvalue weighted by molar-refractivity contribution is 5.60. The zero-order chi connectivity index (χ0) is 22.8. The summed E-state index contributed by atoms with van der Waals surface area (Å²) >= 11 is 0. The Morgan fingerprint density at radius 3 is 1.97 bits per heavy atom. The van der Waals surface area contributed by atoms with Crippen molar-refractivity contribution in [2.75, 3.05) is 6.61 Å². The highest BCUT2D eigenvalue weighted by Gasteiger charge is 2.41. The summed E-state index contributed by atoms with van der Waals surface area (Å²) in [6.07, 6.45) is 22.4. The molecule has 3 aliphatic carbocycles. The van der Waals surface area contributed by atoms with Crippen LogP contribution in [0.2, 0.25) is 0 Å². The van der Waals surface area contributed by atoms with Gasteiger partial charge in [-0.1, -0.05) is 78.6 Å². The van der Waals surface area contributed by atoms with Crippen LogP contribution in [0.3, 0.4) is 0 Å². The molecule has 3 saturated carbocycles. The van der Waals surface area contributed by atoms with Crippen molar-refractivity contribution in [3.8, 4) is 0 Å². The Balaban J connectivity index is 1.52. The lowest BCUT2D eigenvalue weighted by molar-refractivity contribution is -0.0750. The van der Waals surface area contributed by atoms with E-state index in [4.69, 9.17) is 9.47 Å². The van der Waals surface area contributed by atoms with E-state index in [-0.39, 0.29) is 5.60 Å². The maximum Gasteiger partial charge on any atom is 0.508 e. The Bertz CT molecular complexity index is 521. The fraction of sp³-hybridized carbons (Fsp3) is 0.966. The van der Waals surface area contributed by atoms with E-state index >= 15 is 0 Å². The summed E-state index contributed by atoms with van der Waals surface area (Å²) in [5.74, 6) is 4.47. The Labute approximate surface area is 198 Å². The van der Waals surface area contributed by atoms with E-state index in [0.717, 1.165) is 61.7 Å². The van der Waals surface area contributed by atoms with Crippen molar-refractivity contribution < 1.29 is 14.3 Å². The number of unbranched alkanes of at least 4 members (excludes halogenated alkanes) is 1. The van der Waals surface area contributed by atoms with Gasteiger partial charge in [-0.25, -0.2) is 4.79 Å². The monoisotopic (exact) mass is 448 g/mol. The van der Waals surface area contributed by atoms with Crippen LogP contribution in [0.5, 0.6) is 0 Å². The van der Waals surface area contributed by atoms with Gasteiger partial charge in [-0.15, -0.1) is 0 Å². The Kier molecular flexibility index (Phi) is 10.7. The zero-order valence-corrected chi connectivity index (χ0v) is 21.5. The molecule has 0 saturated heterocycles. The van der Waals surface area contributed by atoms with Gasteiger partial charge in [0.15, 0.2) is 0 Å². The van der Waals surface area contributed by atoms with Crippen LogP contribution < -0.4 is 0 Å². The van der Waals surface area contributed by atoms with Crippen molar-refractivity contribution in [3.63, 3.8) is 0 Å². The van der Waals surface area contributed by atoms with Gasteiger partial charge < -0.3 is 9.47 Å². The molecule has 0 amide bonds. The van der Waals surface area contributed by atoms with E-state index < -0.39 is 6.16 Å². The van der Waals surface area contributed by atoms with Crippen LogP contribution in [-0.2, 0) is 9.47 Å². The number of carbonyl (C=O) groups is 1. The number of rotatable bonds is 10. The van der Waals surface area contributed by atoms with E-state index in [2.05, 4.69) is 20.8 Å². The van der Waals surface area contributed by atoms with Crippen molar-refractivity contribution in [1.82, 2.24) is 0 Å². The maximum absolute atomic E-state index is 12.5. The molecule has 0 aromatic carbocycles. The van der Waals surface area contributed by atoms with Gasteiger partial charge in [-0.3, -0.25) is 0 Å². The van der Waals surface area contributed by atoms with E-state index in [1.807, 2.05) is 0 Å². The van der Waals surface area contributed by atoms with E-state index in [1.54, 1.807) is 0 Å². The van der Waals surface area contributed by atoms with Crippen LogP contribution in [0.4, 0.5) is 4.79 Å². The third-order valence-corrected chi connectivity index (χ3v) is 9.36. The number of hydrogen-bond acceptors (Lipinski definition) is 3. The molecular weight excluding hydrogens is 396 g/mol. The molecule has 0 spiro atoms. The van der Waals surface area contributed by atoms with Gasteiger partial charge in [0.05, 0.1) is 6.61 Å². The first kappa shape index (κ1) is 25.9. The molecule has 0 aliphatic heterocycles. The van der Waals surface area contributed by atoms with Crippen LogP contribution in [0.15, 0.2) is 0 Å². The Hall–Kier alpha value is -0.730. The average Bonchev–Trinajstić information content (AvgIpc) is 2.80. The van der Waals surface area contributed by atoms with Gasteiger partial charge in [-0.05, 0) is 87.4 Å².